The van der Waals surface area contributed by atoms with Crippen LogP contribution in [0.3, 0.4) is 0 Å². The van der Waals surface area contributed by atoms with E-state index in [9.17, 15) is 0 Å². The first-order valence-corrected chi connectivity index (χ1v) is 21.0. The second kappa shape index (κ2) is 12.7. The van der Waals surface area contributed by atoms with Gasteiger partial charge in [0.1, 0.15) is 0 Å². The van der Waals surface area contributed by atoms with Crippen molar-refractivity contribution in [1.29, 1.82) is 0 Å². The van der Waals surface area contributed by atoms with Crippen molar-refractivity contribution in [2.75, 3.05) is 9.80 Å². The van der Waals surface area contributed by atoms with Crippen molar-refractivity contribution in [3.05, 3.63) is 215 Å². The molecule has 0 bridgehead atoms. The van der Waals surface area contributed by atoms with Gasteiger partial charge in [0.15, 0.2) is 0 Å². The molecule has 0 radical (unpaired) electrons. The molecule has 0 saturated heterocycles. The van der Waals surface area contributed by atoms with Gasteiger partial charge >= 0.3 is 0 Å². The van der Waals surface area contributed by atoms with Crippen LogP contribution in [0.1, 0.15) is 74.9 Å². The second-order valence-corrected chi connectivity index (χ2v) is 18.2. The van der Waals surface area contributed by atoms with Gasteiger partial charge in [0.2, 0.25) is 0 Å². The summed E-state index contributed by atoms with van der Waals surface area (Å²) in [7, 11) is 0. The molecule has 0 unspecified atom stereocenters. The minimum Gasteiger partial charge on any atom is -0.309 e. The van der Waals surface area contributed by atoms with Crippen molar-refractivity contribution in [3.63, 3.8) is 0 Å². The van der Waals surface area contributed by atoms with E-state index in [1.54, 1.807) is 0 Å². The highest BCUT2D eigenvalue weighted by molar-refractivity contribution is 5.96. The summed E-state index contributed by atoms with van der Waals surface area (Å²) < 4.78 is 0. The fraction of sp³-hybridized carbons (Fsp3) is 0.158. The number of nitrogens with zero attached hydrogens (tertiary/aromatic N) is 2. The molecule has 2 nitrogen and oxygen atoms in total. The van der Waals surface area contributed by atoms with Crippen molar-refractivity contribution in [2.45, 2.75) is 57.8 Å². The fourth-order valence-corrected chi connectivity index (χ4v) is 10.8. The SMILES string of the molecule is CC1(C)c2cc(-c3ccccc3N3c4ccccc4C(C)(C)c4ccccc43)ccc2-c2ccc(-c3ccccc3N3c4ccccc4C(C)(C)c4ccccc43)cc21. The minimum absolute atomic E-state index is 0.110. The van der Waals surface area contributed by atoms with Crippen LogP contribution in [0.25, 0.3) is 33.4 Å². The molecule has 0 N–H and O–H groups in total. The van der Waals surface area contributed by atoms with E-state index in [4.69, 9.17) is 0 Å². The molecule has 0 amide bonds. The molecule has 2 aliphatic heterocycles. The Labute approximate surface area is 349 Å². The van der Waals surface area contributed by atoms with Gasteiger partial charge in [-0.05, 0) is 104 Å². The van der Waals surface area contributed by atoms with Crippen molar-refractivity contribution >= 4 is 34.1 Å². The van der Waals surface area contributed by atoms with Gasteiger partial charge in [-0.3, -0.25) is 0 Å². The molecule has 3 aliphatic rings. The Kier molecular flexibility index (Phi) is 7.63. The molecule has 1 aliphatic carbocycles. The average Bonchev–Trinajstić information content (AvgIpc) is 3.49. The predicted molar refractivity (Wildman–Crippen MR) is 248 cm³/mol. The van der Waals surface area contributed by atoms with Crippen LogP contribution in [0.15, 0.2) is 182 Å². The van der Waals surface area contributed by atoms with Gasteiger partial charge in [0.25, 0.3) is 0 Å². The molecule has 0 saturated carbocycles. The summed E-state index contributed by atoms with van der Waals surface area (Å²) in [5, 5.41) is 0. The maximum absolute atomic E-state index is 2.49. The molecule has 0 fully saturated rings. The van der Waals surface area contributed by atoms with E-state index in [1.807, 2.05) is 0 Å². The molecular formula is C57H48N2. The van der Waals surface area contributed by atoms with Crippen molar-refractivity contribution in [3.8, 4) is 33.4 Å². The molecule has 286 valence electrons. The summed E-state index contributed by atoms with van der Waals surface area (Å²) in [5.41, 5.74) is 22.6. The molecule has 2 heteroatoms. The smallest absolute Gasteiger partial charge is 0.0540 e. The normalized spacial score (nSPS) is 16.0. The number of para-hydroxylation sites is 6. The zero-order chi connectivity index (χ0) is 40.3. The number of fused-ring (bicyclic) bond motifs is 7. The summed E-state index contributed by atoms with van der Waals surface area (Å²) in [4.78, 5) is 4.98. The Balaban J connectivity index is 1.01. The monoisotopic (exact) mass is 760 g/mol. The second-order valence-electron chi connectivity index (χ2n) is 18.2. The summed E-state index contributed by atoms with van der Waals surface area (Å²) in [5.74, 6) is 0. The van der Waals surface area contributed by atoms with Gasteiger partial charge in [-0.25, -0.2) is 0 Å². The summed E-state index contributed by atoms with van der Waals surface area (Å²) in [6.45, 7) is 14.2. The van der Waals surface area contributed by atoms with E-state index in [0.29, 0.717) is 0 Å². The van der Waals surface area contributed by atoms with Crippen LogP contribution in [0.2, 0.25) is 0 Å². The Hall–Kier alpha value is -6.64. The van der Waals surface area contributed by atoms with E-state index in [1.165, 1.54) is 101 Å². The number of hydrogen-bond donors (Lipinski definition) is 0. The quantitative estimate of drug-likeness (QED) is 0.176. The Morgan fingerprint density at radius 1 is 0.254 bits per heavy atom. The molecule has 59 heavy (non-hydrogen) atoms. The first kappa shape index (κ1) is 35.5. The Morgan fingerprint density at radius 3 is 0.864 bits per heavy atom. The largest absolute Gasteiger partial charge is 0.309 e. The lowest BCUT2D eigenvalue weighted by Crippen LogP contribution is -2.30. The average molecular weight is 761 g/mol. The summed E-state index contributed by atoms with van der Waals surface area (Å²) >= 11 is 0. The summed E-state index contributed by atoms with van der Waals surface area (Å²) in [6.07, 6.45) is 0. The maximum atomic E-state index is 2.49. The van der Waals surface area contributed by atoms with Crippen molar-refractivity contribution in [1.82, 2.24) is 0 Å². The highest BCUT2D eigenvalue weighted by atomic mass is 15.2. The van der Waals surface area contributed by atoms with Crippen LogP contribution >= 0.6 is 0 Å². The lowest BCUT2D eigenvalue weighted by Gasteiger charge is -2.42. The number of anilines is 6. The highest BCUT2D eigenvalue weighted by Gasteiger charge is 2.40. The first-order chi connectivity index (χ1) is 28.6. The van der Waals surface area contributed by atoms with Crippen molar-refractivity contribution < 1.29 is 0 Å². The van der Waals surface area contributed by atoms with E-state index in [-0.39, 0.29) is 16.2 Å². The Morgan fingerprint density at radius 2 is 0.525 bits per heavy atom. The van der Waals surface area contributed by atoms with Gasteiger partial charge < -0.3 is 9.80 Å². The van der Waals surface area contributed by atoms with Gasteiger partial charge in [-0.1, -0.05) is 175 Å². The lowest BCUT2D eigenvalue weighted by molar-refractivity contribution is 0.632. The molecule has 8 aromatic rings. The number of benzene rings is 8. The van der Waals surface area contributed by atoms with Crippen molar-refractivity contribution in [2.24, 2.45) is 0 Å². The van der Waals surface area contributed by atoms with E-state index in [0.717, 1.165) is 0 Å². The molecule has 11 rings (SSSR count). The zero-order valence-electron chi connectivity index (χ0n) is 34.7. The predicted octanol–water partition coefficient (Wildman–Crippen LogP) is 15.5. The topological polar surface area (TPSA) is 6.48 Å². The van der Waals surface area contributed by atoms with Crippen LogP contribution in [0.4, 0.5) is 34.1 Å². The van der Waals surface area contributed by atoms with Gasteiger partial charge in [0, 0.05) is 27.4 Å². The third kappa shape index (κ3) is 5.05. The highest BCUT2D eigenvalue weighted by Crippen LogP contribution is 2.57. The van der Waals surface area contributed by atoms with E-state index < -0.39 is 0 Å². The number of rotatable bonds is 4. The van der Waals surface area contributed by atoms with Gasteiger partial charge in [-0.15, -0.1) is 0 Å². The number of hydrogen-bond acceptors (Lipinski definition) is 2. The van der Waals surface area contributed by atoms with Crippen LogP contribution in [0, 0.1) is 0 Å². The van der Waals surface area contributed by atoms with E-state index >= 15 is 0 Å². The standard InChI is InChI=1S/C57H48N2/c1-55(2)43-21-9-15-27-51(43)58(52-28-16-10-22-44(52)55)49-25-13-7-19-39(49)37-31-33-41-42-34-32-38(36-48(42)57(5,6)47(41)35-37)40-20-8-14-26-50(40)59-53-29-17-11-23-45(53)56(3,4)46-24-12-18-30-54(46)59/h7-36H,1-6H3. The van der Waals surface area contributed by atoms with Gasteiger partial charge in [0.05, 0.1) is 34.1 Å². The van der Waals surface area contributed by atoms with Crippen LogP contribution < -0.4 is 9.80 Å². The maximum Gasteiger partial charge on any atom is 0.0540 e. The molecule has 0 aromatic heterocycles. The van der Waals surface area contributed by atoms with E-state index in [2.05, 4.69) is 233 Å². The fourth-order valence-electron chi connectivity index (χ4n) is 10.8. The van der Waals surface area contributed by atoms with Crippen LogP contribution in [0.5, 0.6) is 0 Å². The van der Waals surface area contributed by atoms with Crippen LogP contribution in [-0.4, -0.2) is 0 Å². The van der Waals surface area contributed by atoms with Gasteiger partial charge in [-0.2, -0.15) is 0 Å². The first-order valence-electron chi connectivity index (χ1n) is 21.0. The molecule has 0 spiro atoms. The zero-order valence-corrected chi connectivity index (χ0v) is 34.7. The molecule has 0 atom stereocenters. The molecular weight excluding hydrogens is 713 g/mol. The minimum atomic E-state index is -0.205. The van der Waals surface area contributed by atoms with Crippen LogP contribution in [-0.2, 0) is 16.2 Å². The lowest BCUT2D eigenvalue weighted by atomic mass is 9.73. The third-order valence-electron chi connectivity index (χ3n) is 13.9. The molecule has 2 heterocycles. The molecule has 8 aromatic carbocycles. The third-order valence-corrected chi connectivity index (χ3v) is 13.9. The summed E-state index contributed by atoms with van der Waals surface area (Å²) in [6, 6.07) is 68.0. The Bertz CT molecular complexity index is 2700.